The number of nitrogens with one attached hydrogen (secondary N) is 1. The smallest absolute Gasteiger partial charge is 0.123 e. The van der Waals surface area contributed by atoms with Crippen molar-refractivity contribution in [3.63, 3.8) is 0 Å². The van der Waals surface area contributed by atoms with Crippen molar-refractivity contribution in [1.82, 2.24) is 0 Å². The Hall–Kier alpha value is -1.83. The fourth-order valence-electron chi connectivity index (χ4n) is 3.13. The Kier molecular flexibility index (Phi) is 3.72. The van der Waals surface area contributed by atoms with Gasteiger partial charge in [0.2, 0.25) is 0 Å². The average molecular weight is 269 g/mol. The van der Waals surface area contributed by atoms with Crippen molar-refractivity contribution in [3.8, 4) is 0 Å². The van der Waals surface area contributed by atoms with Gasteiger partial charge in [0.05, 0.1) is 0 Å². The maximum atomic E-state index is 12.9. The molecule has 0 spiro atoms. The maximum Gasteiger partial charge on any atom is 0.123 e. The number of fused-ring (bicyclic) bond motifs is 1. The summed E-state index contributed by atoms with van der Waals surface area (Å²) in [6, 6.07) is 16.0. The predicted molar refractivity (Wildman–Crippen MR) is 81.6 cm³/mol. The summed E-state index contributed by atoms with van der Waals surface area (Å²) in [4.78, 5) is 0. The highest BCUT2D eigenvalue weighted by Gasteiger charge is 2.23. The van der Waals surface area contributed by atoms with Crippen molar-refractivity contribution in [1.29, 1.82) is 0 Å². The van der Waals surface area contributed by atoms with Gasteiger partial charge in [0.1, 0.15) is 5.82 Å². The van der Waals surface area contributed by atoms with E-state index in [-0.39, 0.29) is 5.82 Å². The maximum absolute atomic E-state index is 12.9. The first kappa shape index (κ1) is 13.2. The van der Waals surface area contributed by atoms with Crippen LogP contribution in [-0.4, -0.2) is 6.04 Å². The number of aryl methyl sites for hydroxylation is 1. The van der Waals surface area contributed by atoms with Gasteiger partial charge in [0.15, 0.2) is 0 Å². The largest absolute Gasteiger partial charge is 0.382 e. The van der Waals surface area contributed by atoms with Crippen molar-refractivity contribution < 1.29 is 4.39 Å². The predicted octanol–water partition coefficient (Wildman–Crippen LogP) is 4.75. The van der Waals surface area contributed by atoms with Crippen LogP contribution < -0.4 is 5.32 Å². The van der Waals surface area contributed by atoms with Gasteiger partial charge in [-0.25, -0.2) is 4.39 Å². The summed E-state index contributed by atoms with van der Waals surface area (Å²) in [7, 11) is 0. The van der Waals surface area contributed by atoms with Crippen LogP contribution in [0.1, 0.15) is 36.8 Å². The molecule has 2 heteroatoms. The summed E-state index contributed by atoms with van der Waals surface area (Å²) < 4.78 is 12.9. The zero-order valence-corrected chi connectivity index (χ0v) is 11.8. The molecule has 1 aliphatic heterocycles. The van der Waals surface area contributed by atoms with Crippen LogP contribution in [0.2, 0.25) is 0 Å². The molecule has 3 rings (SSSR count). The Balaban J connectivity index is 1.73. The standard InChI is InChI=1S/C18H20FN/c1-13-12-15(17-4-2-3-5-18(17)20-13)9-6-14-7-10-16(19)11-8-14/h2-5,7-8,10-11,13,15,20H,6,9,12H2,1H3. The van der Waals surface area contributed by atoms with Crippen molar-refractivity contribution in [2.24, 2.45) is 0 Å². The summed E-state index contributed by atoms with van der Waals surface area (Å²) in [5.74, 6) is 0.432. The van der Waals surface area contributed by atoms with Crippen molar-refractivity contribution in [2.75, 3.05) is 5.32 Å². The molecule has 0 fully saturated rings. The molecular formula is C18H20FN. The molecule has 0 aromatic heterocycles. The number of halogens is 1. The van der Waals surface area contributed by atoms with Crippen molar-refractivity contribution >= 4 is 5.69 Å². The minimum Gasteiger partial charge on any atom is -0.382 e. The summed E-state index contributed by atoms with van der Waals surface area (Å²) in [5, 5.41) is 3.55. The molecule has 0 amide bonds. The number of para-hydroxylation sites is 1. The number of anilines is 1. The van der Waals surface area contributed by atoms with Gasteiger partial charge in [-0.1, -0.05) is 30.3 Å². The first-order valence-electron chi connectivity index (χ1n) is 7.32. The van der Waals surface area contributed by atoms with Gasteiger partial charge in [-0.15, -0.1) is 0 Å². The van der Waals surface area contributed by atoms with Crippen LogP contribution in [0.4, 0.5) is 10.1 Å². The molecule has 1 aliphatic rings. The van der Waals surface area contributed by atoms with E-state index >= 15 is 0 Å². The van der Waals surface area contributed by atoms with E-state index < -0.39 is 0 Å². The molecule has 0 saturated carbocycles. The van der Waals surface area contributed by atoms with Crippen LogP contribution >= 0.6 is 0 Å². The Morgan fingerprint density at radius 1 is 1.10 bits per heavy atom. The molecule has 2 aromatic rings. The number of hydrogen-bond donors (Lipinski definition) is 1. The first-order chi connectivity index (χ1) is 9.72. The second-order valence-electron chi connectivity index (χ2n) is 5.73. The van der Waals surface area contributed by atoms with E-state index in [1.54, 1.807) is 12.1 Å². The Bertz CT molecular complexity index is 576. The summed E-state index contributed by atoms with van der Waals surface area (Å²) in [6.45, 7) is 2.24. The third-order valence-corrected chi connectivity index (χ3v) is 4.14. The minimum absolute atomic E-state index is 0.158. The Morgan fingerprint density at radius 2 is 1.85 bits per heavy atom. The highest BCUT2D eigenvalue weighted by molar-refractivity contribution is 5.55. The lowest BCUT2D eigenvalue weighted by atomic mass is 9.83. The van der Waals surface area contributed by atoms with Gasteiger partial charge >= 0.3 is 0 Å². The molecule has 20 heavy (non-hydrogen) atoms. The quantitative estimate of drug-likeness (QED) is 0.848. The highest BCUT2D eigenvalue weighted by atomic mass is 19.1. The third-order valence-electron chi connectivity index (χ3n) is 4.14. The van der Waals surface area contributed by atoms with Crippen LogP contribution in [0.3, 0.4) is 0 Å². The molecule has 0 bridgehead atoms. The molecule has 0 radical (unpaired) electrons. The molecule has 2 atom stereocenters. The summed E-state index contributed by atoms with van der Waals surface area (Å²) >= 11 is 0. The lowest BCUT2D eigenvalue weighted by Gasteiger charge is -2.31. The first-order valence-corrected chi connectivity index (χ1v) is 7.32. The van der Waals surface area contributed by atoms with Crippen LogP contribution in [0.5, 0.6) is 0 Å². The zero-order chi connectivity index (χ0) is 13.9. The van der Waals surface area contributed by atoms with Gasteiger partial charge in [-0.2, -0.15) is 0 Å². The topological polar surface area (TPSA) is 12.0 Å². The summed E-state index contributed by atoms with van der Waals surface area (Å²) in [5.41, 5.74) is 3.91. The molecular weight excluding hydrogens is 249 g/mol. The van der Waals surface area contributed by atoms with Crippen LogP contribution in [0.15, 0.2) is 48.5 Å². The lowest BCUT2D eigenvalue weighted by molar-refractivity contribution is 0.521. The van der Waals surface area contributed by atoms with E-state index in [0.717, 1.165) is 19.3 Å². The molecule has 1 nitrogen and oxygen atoms in total. The van der Waals surface area contributed by atoms with Gasteiger partial charge < -0.3 is 5.32 Å². The lowest BCUT2D eigenvalue weighted by Crippen LogP contribution is -2.25. The zero-order valence-electron chi connectivity index (χ0n) is 11.8. The van der Waals surface area contributed by atoms with Gasteiger partial charge in [0, 0.05) is 11.7 Å². The van der Waals surface area contributed by atoms with E-state index in [9.17, 15) is 4.39 Å². The molecule has 0 saturated heterocycles. The second-order valence-corrected chi connectivity index (χ2v) is 5.73. The van der Waals surface area contributed by atoms with Crippen LogP contribution in [-0.2, 0) is 6.42 Å². The van der Waals surface area contributed by atoms with Gasteiger partial charge in [-0.05, 0) is 61.4 Å². The van der Waals surface area contributed by atoms with Gasteiger partial charge in [-0.3, -0.25) is 0 Å². The van der Waals surface area contributed by atoms with Crippen molar-refractivity contribution in [3.05, 3.63) is 65.5 Å². The molecule has 1 N–H and O–H groups in total. The SMILES string of the molecule is CC1CC(CCc2ccc(F)cc2)c2ccccc2N1. The van der Waals surface area contributed by atoms with E-state index in [4.69, 9.17) is 0 Å². The highest BCUT2D eigenvalue weighted by Crippen LogP contribution is 2.36. The minimum atomic E-state index is -0.158. The van der Waals surface area contributed by atoms with E-state index in [1.807, 2.05) is 12.1 Å². The monoisotopic (exact) mass is 269 g/mol. The second kappa shape index (κ2) is 5.66. The van der Waals surface area contributed by atoms with Crippen LogP contribution in [0, 0.1) is 5.82 Å². The fourth-order valence-corrected chi connectivity index (χ4v) is 3.13. The Morgan fingerprint density at radius 3 is 2.65 bits per heavy atom. The van der Waals surface area contributed by atoms with Crippen LogP contribution in [0.25, 0.3) is 0 Å². The van der Waals surface area contributed by atoms with Gasteiger partial charge in [0.25, 0.3) is 0 Å². The average Bonchev–Trinajstić information content (AvgIpc) is 2.46. The van der Waals surface area contributed by atoms with E-state index in [0.29, 0.717) is 12.0 Å². The number of benzene rings is 2. The molecule has 2 aromatic carbocycles. The number of hydrogen-bond acceptors (Lipinski definition) is 1. The number of rotatable bonds is 3. The molecule has 0 aliphatic carbocycles. The molecule has 1 heterocycles. The fraction of sp³-hybridized carbons (Fsp3) is 0.333. The molecule has 2 unspecified atom stereocenters. The third kappa shape index (κ3) is 2.84. The molecule has 104 valence electrons. The summed E-state index contributed by atoms with van der Waals surface area (Å²) in [6.07, 6.45) is 3.29. The Labute approximate surface area is 119 Å². The van der Waals surface area contributed by atoms with E-state index in [1.165, 1.54) is 16.8 Å². The normalized spacial score (nSPS) is 21.1. The van der Waals surface area contributed by atoms with Crippen molar-refractivity contribution in [2.45, 2.75) is 38.1 Å². The van der Waals surface area contributed by atoms with E-state index in [2.05, 4.69) is 36.5 Å².